The highest BCUT2D eigenvalue weighted by molar-refractivity contribution is 5.37. The van der Waals surface area contributed by atoms with Gasteiger partial charge in [-0.2, -0.15) is 0 Å². The van der Waals surface area contributed by atoms with Gasteiger partial charge in [-0.1, -0.05) is 52.8 Å². The molecule has 0 atom stereocenters. The molecule has 0 nitrogen and oxygen atoms in total. The second kappa shape index (κ2) is 3.72. The van der Waals surface area contributed by atoms with Crippen LogP contribution in [0.1, 0.15) is 45.7 Å². The summed E-state index contributed by atoms with van der Waals surface area (Å²) < 4.78 is 14.0. The van der Waals surface area contributed by atoms with Crippen LogP contribution in [0, 0.1) is 11.7 Å². The summed E-state index contributed by atoms with van der Waals surface area (Å²) in [7, 11) is 0. The van der Waals surface area contributed by atoms with Gasteiger partial charge in [-0.05, 0) is 16.5 Å². The van der Waals surface area contributed by atoms with Crippen LogP contribution in [0.15, 0.2) is 18.2 Å². The summed E-state index contributed by atoms with van der Waals surface area (Å²) in [6.07, 6.45) is 0. The molecule has 0 aliphatic heterocycles. The Balaban J connectivity index is 3.28. The topological polar surface area (TPSA) is 0 Å². The Bertz CT molecular complexity index is 318. The van der Waals surface area contributed by atoms with Gasteiger partial charge < -0.3 is 0 Å². The lowest BCUT2D eigenvalue weighted by Crippen LogP contribution is -2.15. The van der Waals surface area contributed by atoms with Crippen molar-refractivity contribution in [1.82, 2.24) is 0 Å². The normalized spacial score (nSPS) is 12.2. The van der Waals surface area contributed by atoms with Crippen molar-refractivity contribution in [3.05, 3.63) is 41.1 Å². The standard InChI is InChI=1S/C13H18F/c1-9(2)10-7-6-8-11(12(10)14)13(3,4)5/h6-8H,1-5H3. The number of rotatable bonds is 1. The van der Waals surface area contributed by atoms with E-state index >= 15 is 0 Å². The van der Waals surface area contributed by atoms with Gasteiger partial charge in [-0.3, -0.25) is 0 Å². The molecule has 0 aromatic heterocycles. The molecular formula is C13H18F. The van der Waals surface area contributed by atoms with Gasteiger partial charge in [0, 0.05) is 5.92 Å². The van der Waals surface area contributed by atoms with Crippen molar-refractivity contribution in [1.29, 1.82) is 0 Å². The van der Waals surface area contributed by atoms with Crippen LogP contribution in [0.25, 0.3) is 0 Å². The lowest BCUT2D eigenvalue weighted by Gasteiger charge is -2.21. The van der Waals surface area contributed by atoms with Gasteiger partial charge in [-0.15, -0.1) is 0 Å². The predicted molar refractivity (Wildman–Crippen MR) is 58.8 cm³/mol. The van der Waals surface area contributed by atoms with Gasteiger partial charge in [0.05, 0.1) is 0 Å². The van der Waals surface area contributed by atoms with Crippen molar-refractivity contribution in [3.8, 4) is 0 Å². The summed E-state index contributed by atoms with van der Waals surface area (Å²) in [5.74, 6) is 0.952. The molecule has 0 N–H and O–H groups in total. The van der Waals surface area contributed by atoms with E-state index in [0.717, 1.165) is 17.0 Å². The fraction of sp³-hybridized carbons (Fsp3) is 0.462. The minimum Gasteiger partial charge on any atom is -0.206 e. The molecule has 0 aliphatic rings. The highest BCUT2D eigenvalue weighted by Crippen LogP contribution is 2.29. The minimum absolute atomic E-state index is 0.0694. The van der Waals surface area contributed by atoms with E-state index in [9.17, 15) is 4.39 Å². The molecule has 0 saturated heterocycles. The Kier molecular flexibility index (Phi) is 2.98. The molecule has 0 saturated carbocycles. The molecule has 1 aromatic rings. The first kappa shape index (κ1) is 11.2. The molecule has 0 heterocycles. The molecule has 0 unspecified atom stereocenters. The highest BCUT2D eigenvalue weighted by atomic mass is 19.1. The number of hydrogen-bond acceptors (Lipinski definition) is 0. The zero-order chi connectivity index (χ0) is 10.9. The van der Waals surface area contributed by atoms with Gasteiger partial charge in [0.2, 0.25) is 0 Å². The lowest BCUT2D eigenvalue weighted by atomic mass is 9.84. The van der Waals surface area contributed by atoms with Gasteiger partial charge >= 0.3 is 0 Å². The van der Waals surface area contributed by atoms with Crippen LogP contribution in [-0.4, -0.2) is 0 Å². The van der Waals surface area contributed by atoms with Crippen LogP contribution in [0.4, 0.5) is 4.39 Å². The van der Waals surface area contributed by atoms with Crippen LogP contribution >= 0.6 is 0 Å². The van der Waals surface area contributed by atoms with E-state index in [-0.39, 0.29) is 11.2 Å². The van der Waals surface area contributed by atoms with E-state index in [2.05, 4.69) is 0 Å². The maximum Gasteiger partial charge on any atom is 0.130 e. The Morgan fingerprint density at radius 2 is 1.71 bits per heavy atom. The fourth-order valence-corrected chi connectivity index (χ4v) is 1.50. The molecule has 77 valence electrons. The van der Waals surface area contributed by atoms with Crippen LogP contribution in [-0.2, 0) is 5.41 Å². The monoisotopic (exact) mass is 193 g/mol. The summed E-state index contributed by atoms with van der Waals surface area (Å²) in [6, 6.07) is 5.62. The molecule has 14 heavy (non-hydrogen) atoms. The first-order chi connectivity index (χ1) is 6.34. The zero-order valence-corrected chi connectivity index (χ0v) is 9.61. The average molecular weight is 193 g/mol. The zero-order valence-electron chi connectivity index (χ0n) is 9.61. The second-order valence-electron chi connectivity index (χ2n) is 4.92. The third-order valence-corrected chi connectivity index (χ3v) is 2.35. The first-order valence-electron chi connectivity index (χ1n) is 4.93. The smallest absolute Gasteiger partial charge is 0.130 e. The van der Waals surface area contributed by atoms with Crippen molar-refractivity contribution in [2.45, 2.75) is 40.0 Å². The van der Waals surface area contributed by atoms with Crippen LogP contribution in [0.5, 0.6) is 0 Å². The summed E-state index contributed by atoms with van der Waals surface area (Å²) in [4.78, 5) is 0. The Morgan fingerprint density at radius 3 is 2.14 bits per heavy atom. The number of benzene rings is 1. The highest BCUT2D eigenvalue weighted by Gasteiger charge is 2.20. The third-order valence-electron chi connectivity index (χ3n) is 2.35. The summed E-state index contributed by atoms with van der Waals surface area (Å²) in [6.45, 7) is 9.95. The maximum atomic E-state index is 14.0. The number of halogens is 1. The lowest BCUT2D eigenvalue weighted by molar-refractivity contribution is 0.517. The maximum absolute atomic E-state index is 14.0. The van der Waals surface area contributed by atoms with E-state index in [0.29, 0.717) is 0 Å². The predicted octanol–water partition coefficient (Wildman–Crippen LogP) is 4.09. The van der Waals surface area contributed by atoms with Crippen molar-refractivity contribution in [2.24, 2.45) is 0 Å². The van der Waals surface area contributed by atoms with Crippen LogP contribution in [0.2, 0.25) is 0 Å². The Labute approximate surface area is 86.2 Å². The second-order valence-corrected chi connectivity index (χ2v) is 4.92. The Morgan fingerprint density at radius 1 is 1.14 bits per heavy atom. The van der Waals surface area contributed by atoms with Crippen molar-refractivity contribution >= 4 is 0 Å². The van der Waals surface area contributed by atoms with Crippen molar-refractivity contribution in [3.63, 3.8) is 0 Å². The summed E-state index contributed by atoms with van der Waals surface area (Å²) in [5.41, 5.74) is 1.39. The molecule has 1 aromatic carbocycles. The molecule has 0 aliphatic carbocycles. The average Bonchev–Trinajstić information content (AvgIpc) is 2.01. The molecular weight excluding hydrogens is 175 g/mol. The molecule has 0 fully saturated rings. The summed E-state index contributed by atoms with van der Waals surface area (Å²) >= 11 is 0. The number of hydrogen-bond donors (Lipinski definition) is 0. The van der Waals surface area contributed by atoms with Crippen molar-refractivity contribution < 1.29 is 4.39 Å². The summed E-state index contributed by atoms with van der Waals surface area (Å²) in [5, 5.41) is 0. The third kappa shape index (κ3) is 2.14. The molecule has 0 amide bonds. The minimum atomic E-state index is -0.129. The fourth-order valence-electron chi connectivity index (χ4n) is 1.50. The van der Waals surface area contributed by atoms with E-state index in [1.54, 1.807) is 0 Å². The molecule has 1 heteroatoms. The molecule has 1 rings (SSSR count). The quantitative estimate of drug-likeness (QED) is 0.630. The van der Waals surface area contributed by atoms with Crippen LogP contribution < -0.4 is 0 Å². The van der Waals surface area contributed by atoms with Gasteiger partial charge in [0.15, 0.2) is 0 Å². The van der Waals surface area contributed by atoms with E-state index < -0.39 is 0 Å². The van der Waals surface area contributed by atoms with E-state index in [4.69, 9.17) is 0 Å². The first-order valence-corrected chi connectivity index (χ1v) is 4.93. The Hall–Kier alpha value is -0.850. The van der Waals surface area contributed by atoms with Crippen molar-refractivity contribution in [2.75, 3.05) is 0 Å². The largest absolute Gasteiger partial charge is 0.206 e. The molecule has 0 spiro atoms. The van der Waals surface area contributed by atoms with Gasteiger partial charge in [-0.25, -0.2) is 4.39 Å². The van der Waals surface area contributed by atoms with Gasteiger partial charge in [0.25, 0.3) is 0 Å². The molecule has 1 radical (unpaired) electrons. The van der Waals surface area contributed by atoms with E-state index in [1.165, 1.54) is 0 Å². The van der Waals surface area contributed by atoms with E-state index in [1.807, 2.05) is 52.8 Å². The van der Waals surface area contributed by atoms with Gasteiger partial charge in [0.1, 0.15) is 5.82 Å². The SMILES string of the molecule is C[C](C)c1cccc(C(C)(C)C)c1F. The molecule has 0 bridgehead atoms. The van der Waals surface area contributed by atoms with Crippen LogP contribution in [0.3, 0.4) is 0 Å².